The fourth-order valence-electron chi connectivity index (χ4n) is 1.28. The van der Waals surface area contributed by atoms with E-state index in [0.717, 1.165) is 5.56 Å². The fraction of sp³-hybridized carbons (Fsp3) is 0.111. The Morgan fingerprint density at radius 2 is 2.40 bits per heavy atom. The van der Waals surface area contributed by atoms with Crippen LogP contribution >= 0.6 is 11.8 Å². The first-order valence-electron chi connectivity index (χ1n) is 4.23. The third-order valence-electron chi connectivity index (χ3n) is 1.96. The normalized spacial score (nSPS) is 10.5. The lowest BCUT2D eigenvalue weighted by molar-refractivity contribution is 0.0691. The van der Waals surface area contributed by atoms with E-state index >= 15 is 0 Å². The van der Waals surface area contributed by atoms with Gasteiger partial charge in [0.2, 0.25) is 0 Å². The van der Waals surface area contributed by atoms with Crippen LogP contribution in [0.2, 0.25) is 0 Å². The SMILES string of the molecule is CSc1nc(-c2cc[nH]c2)c(C(=O)O)[nH]1. The summed E-state index contributed by atoms with van der Waals surface area (Å²) in [7, 11) is 0. The lowest BCUT2D eigenvalue weighted by atomic mass is 10.2. The molecular formula is C9H9N3O2S. The van der Waals surface area contributed by atoms with Gasteiger partial charge >= 0.3 is 5.97 Å². The van der Waals surface area contributed by atoms with Crippen LogP contribution in [0, 0.1) is 0 Å². The predicted octanol–water partition coefficient (Wildman–Crippen LogP) is 1.82. The van der Waals surface area contributed by atoms with Crippen molar-refractivity contribution >= 4 is 17.7 Å². The molecule has 0 radical (unpaired) electrons. The molecule has 0 aromatic carbocycles. The second-order valence-corrected chi connectivity index (χ2v) is 3.67. The zero-order chi connectivity index (χ0) is 10.8. The van der Waals surface area contributed by atoms with Gasteiger partial charge in [0.15, 0.2) is 10.9 Å². The maximum Gasteiger partial charge on any atom is 0.354 e. The number of thioether (sulfide) groups is 1. The van der Waals surface area contributed by atoms with E-state index in [9.17, 15) is 4.79 Å². The Balaban J connectivity index is 2.54. The van der Waals surface area contributed by atoms with Crippen molar-refractivity contribution in [2.45, 2.75) is 5.16 Å². The van der Waals surface area contributed by atoms with Crippen molar-refractivity contribution in [1.82, 2.24) is 15.0 Å². The maximum atomic E-state index is 11.0. The van der Waals surface area contributed by atoms with Crippen LogP contribution in [0.3, 0.4) is 0 Å². The van der Waals surface area contributed by atoms with E-state index in [0.29, 0.717) is 10.9 Å². The van der Waals surface area contributed by atoms with E-state index in [1.54, 1.807) is 18.5 Å². The molecule has 0 bridgehead atoms. The van der Waals surface area contributed by atoms with E-state index in [4.69, 9.17) is 5.11 Å². The lowest BCUT2D eigenvalue weighted by Gasteiger charge is -1.92. The van der Waals surface area contributed by atoms with Crippen molar-refractivity contribution in [2.75, 3.05) is 6.26 Å². The summed E-state index contributed by atoms with van der Waals surface area (Å²) in [6, 6.07) is 1.78. The highest BCUT2D eigenvalue weighted by molar-refractivity contribution is 7.98. The highest BCUT2D eigenvalue weighted by atomic mass is 32.2. The summed E-state index contributed by atoms with van der Waals surface area (Å²) in [5.74, 6) is -1.00. The van der Waals surface area contributed by atoms with Gasteiger partial charge in [-0.2, -0.15) is 0 Å². The minimum Gasteiger partial charge on any atom is -0.477 e. The molecule has 0 aliphatic rings. The molecule has 2 heterocycles. The molecule has 3 N–H and O–H groups in total. The molecule has 6 heteroatoms. The van der Waals surface area contributed by atoms with E-state index in [1.165, 1.54) is 11.8 Å². The molecule has 2 aromatic rings. The summed E-state index contributed by atoms with van der Waals surface area (Å²) >= 11 is 1.38. The number of aromatic carboxylic acids is 1. The number of carboxylic acid groups (broad SMARTS) is 1. The first-order valence-corrected chi connectivity index (χ1v) is 5.45. The summed E-state index contributed by atoms with van der Waals surface area (Å²) in [6.07, 6.45) is 5.28. The smallest absolute Gasteiger partial charge is 0.354 e. The van der Waals surface area contributed by atoms with Crippen LogP contribution in [0.5, 0.6) is 0 Å². The van der Waals surface area contributed by atoms with Gasteiger partial charge in [0, 0.05) is 18.0 Å². The Labute approximate surface area is 89.9 Å². The molecule has 0 amide bonds. The van der Waals surface area contributed by atoms with Crippen LogP contribution in [0.1, 0.15) is 10.5 Å². The van der Waals surface area contributed by atoms with Crippen LogP contribution in [0.4, 0.5) is 0 Å². The number of nitrogens with zero attached hydrogens (tertiary/aromatic N) is 1. The Kier molecular flexibility index (Phi) is 2.51. The summed E-state index contributed by atoms with van der Waals surface area (Å²) < 4.78 is 0. The molecule has 0 fully saturated rings. The zero-order valence-electron chi connectivity index (χ0n) is 7.94. The second kappa shape index (κ2) is 3.82. The van der Waals surface area contributed by atoms with Gasteiger partial charge in [-0.05, 0) is 12.3 Å². The fourth-order valence-corrected chi connectivity index (χ4v) is 1.67. The highest BCUT2D eigenvalue weighted by Gasteiger charge is 2.17. The van der Waals surface area contributed by atoms with Gasteiger partial charge in [-0.15, -0.1) is 0 Å². The van der Waals surface area contributed by atoms with Crippen LogP contribution in [0.15, 0.2) is 23.6 Å². The van der Waals surface area contributed by atoms with Crippen molar-refractivity contribution in [1.29, 1.82) is 0 Å². The van der Waals surface area contributed by atoms with Crippen molar-refractivity contribution in [3.8, 4) is 11.3 Å². The first kappa shape index (κ1) is 9.85. The third-order valence-corrected chi connectivity index (χ3v) is 2.54. The number of carbonyl (C=O) groups is 1. The molecular weight excluding hydrogens is 214 g/mol. The molecule has 2 aromatic heterocycles. The van der Waals surface area contributed by atoms with E-state index < -0.39 is 5.97 Å². The monoisotopic (exact) mass is 223 g/mol. The molecule has 0 aliphatic heterocycles. The number of rotatable bonds is 3. The zero-order valence-corrected chi connectivity index (χ0v) is 8.76. The number of aromatic amines is 2. The van der Waals surface area contributed by atoms with Gasteiger partial charge in [-0.25, -0.2) is 9.78 Å². The average Bonchev–Trinajstić information content (AvgIpc) is 2.86. The van der Waals surface area contributed by atoms with Gasteiger partial charge < -0.3 is 15.1 Å². The summed E-state index contributed by atoms with van der Waals surface area (Å²) in [4.78, 5) is 20.8. The molecule has 0 spiro atoms. The molecule has 0 saturated heterocycles. The summed E-state index contributed by atoms with van der Waals surface area (Å²) in [5, 5.41) is 9.58. The molecule has 0 unspecified atom stereocenters. The Morgan fingerprint density at radius 1 is 1.60 bits per heavy atom. The molecule has 78 valence electrons. The van der Waals surface area contributed by atoms with Gasteiger partial charge in [0.05, 0.1) is 0 Å². The predicted molar refractivity (Wildman–Crippen MR) is 57.1 cm³/mol. The van der Waals surface area contributed by atoms with Gasteiger partial charge in [0.25, 0.3) is 0 Å². The van der Waals surface area contributed by atoms with Crippen molar-refractivity contribution in [3.05, 3.63) is 24.2 Å². The van der Waals surface area contributed by atoms with E-state index in [2.05, 4.69) is 15.0 Å². The van der Waals surface area contributed by atoms with Gasteiger partial charge in [-0.1, -0.05) is 11.8 Å². The minimum atomic E-state index is -1.00. The second-order valence-electron chi connectivity index (χ2n) is 2.87. The van der Waals surface area contributed by atoms with E-state index in [1.807, 2.05) is 6.26 Å². The number of imidazole rings is 1. The third kappa shape index (κ3) is 1.75. The summed E-state index contributed by atoms with van der Waals surface area (Å²) in [5.41, 5.74) is 1.36. The molecule has 5 nitrogen and oxygen atoms in total. The Hall–Kier alpha value is -1.69. The van der Waals surface area contributed by atoms with Crippen molar-refractivity contribution in [3.63, 3.8) is 0 Å². The minimum absolute atomic E-state index is 0.124. The van der Waals surface area contributed by atoms with Gasteiger partial charge in [-0.3, -0.25) is 0 Å². The topological polar surface area (TPSA) is 81.8 Å². The molecule has 0 saturated carbocycles. The molecule has 15 heavy (non-hydrogen) atoms. The Bertz CT molecular complexity index is 476. The van der Waals surface area contributed by atoms with Crippen LogP contribution in [-0.2, 0) is 0 Å². The number of H-pyrrole nitrogens is 2. The Morgan fingerprint density at radius 3 is 2.93 bits per heavy atom. The maximum absolute atomic E-state index is 11.0. The quantitative estimate of drug-likeness (QED) is 0.693. The van der Waals surface area contributed by atoms with Crippen LogP contribution < -0.4 is 0 Å². The number of nitrogens with one attached hydrogen (secondary N) is 2. The lowest BCUT2D eigenvalue weighted by Crippen LogP contribution is -1.98. The van der Waals surface area contributed by atoms with Crippen LogP contribution in [-0.4, -0.2) is 32.3 Å². The highest BCUT2D eigenvalue weighted by Crippen LogP contribution is 2.24. The average molecular weight is 223 g/mol. The summed E-state index contributed by atoms with van der Waals surface area (Å²) in [6.45, 7) is 0. The molecule has 0 aliphatic carbocycles. The molecule has 0 atom stereocenters. The number of carboxylic acids is 1. The standard InChI is InChI=1S/C9H9N3O2S/c1-15-9-11-6(5-2-3-10-4-5)7(12-9)8(13)14/h2-4,10H,1H3,(H,11,12)(H,13,14). The number of hydrogen-bond acceptors (Lipinski definition) is 3. The van der Waals surface area contributed by atoms with Crippen molar-refractivity contribution in [2.24, 2.45) is 0 Å². The van der Waals surface area contributed by atoms with Gasteiger partial charge in [0.1, 0.15) is 5.69 Å². The van der Waals surface area contributed by atoms with Crippen LogP contribution in [0.25, 0.3) is 11.3 Å². The largest absolute Gasteiger partial charge is 0.477 e. The molecule has 2 rings (SSSR count). The van der Waals surface area contributed by atoms with Crippen molar-refractivity contribution < 1.29 is 9.90 Å². The van der Waals surface area contributed by atoms with E-state index in [-0.39, 0.29) is 5.69 Å². The number of aromatic nitrogens is 3. The number of hydrogen-bond donors (Lipinski definition) is 3. The first-order chi connectivity index (χ1) is 7.22.